The molecule has 8 heteroatoms. The molecular formula is C16H30IN5OS. The Morgan fingerprint density at radius 3 is 2.79 bits per heavy atom. The van der Waals surface area contributed by atoms with Crippen molar-refractivity contribution in [3.05, 3.63) is 15.6 Å². The quantitative estimate of drug-likeness (QED) is 0.395. The molecule has 1 fully saturated rings. The molecule has 2 atom stereocenters. The molecule has 0 bridgehead atoms. The van der Waals surface area contributed by atoms with Crippen LogP contribution in [0.2, 0.25) is 0 Å². The number of aryl methyl sites for hydroxylation is 2. The highest BCUT2D eigenvalue weighted by atomic mass is 127. The fraction of sp³-hybridized carbons (Fsp3) is 0.750. The van der Waals surface area contributed by atoms with Gasteiger partial charge in [0, 0.05) is 37.1 Å². The normalized spacial score (nSPS) is 20.4. The molecule has 0 aliphatic carbocycles. The standard InChI is InChI=1S/C16H29N5OS.HI/c1-11(21-6-7-22-10-12(21)2)8-18-16(17-5)19-9-15-13(3)20-14(4)23-15;/h11-12H,6-10H2,1-5H3,(H2,17,18,19);1H. The Morgan fingerprint density at radius 2 is 2.21 bits per heavy atom. The molecule has 0 saturated carbocycles. The average Bonchev–Trinajstić information content (AvgIpc) is 2.85. The van der Waals surface area contributed by atoms with Gasteiger partial charge in [-0.15, -0.1) is 35.3 Å². The summed E-state index contributed by atoms with van der Waals surface area (Å²) in [7, 11) is 1.81. The van der Waals surface area contributed by atoms with Crippen LogP contribution in [0.5, 0.6) is 0 Å². The highest BCUT2D eigenvalue weighted by molar-refractivity contribution is 14.0. The molecule has 1 saturated heterocycles. The van der Waals surface area contributed by atoms with Crippen molar-refractivity contribution < 1.29 is 4.74 Å². The zero-order valence-electron chi connectivity index (χ0n) is 15.3. The Labute approximate surface area is 166 Å². The van der Waals surface area contributed by atoms with Crippen LogP contribution in [0.4, 0.5) is 0 Å². The van der Waals surface area contributed by atoms with Crippen molar-refractivity contribution in [3.63, 3.8) is 0 Å². The van der Waals surface area contributed by atoms with Crippen LogP contribution in [-0.4, -0.2) is 61.3 Å². The summed E-state index contributed by atoms with van der Waals surface area (Å²) in [5.41, 5.74) is 1.10. The van der Waals surface area contributed by atoms with Gasteiger partial charge in [0.15, 0.2) is 5.96 Å². The number of nitrogens with one attached hydrogen (secondary N) is 2. The second kappa shape index (κ2) is 10.5. The predicted molar refractivity (Wildman–Crippen MR) is 112 cm³/mol. The minimum absolute atomic E-state index is 0. The fourth-order valence-electron chi connectivity index (χ4n) is 2.88. The second-order valence-electron chi connectivity index (χ2n) is 6.06. The van der Waals surface area contributed by atoms with E-state index in [1.165, 1.54) is 4.88 Å². The minimum Gasteiger partial charge on any atom is -0.379 e. The maximum atomic E-state index is 5.51. The summed E-state index contributed by atoms with van der Waals surface area (Å²) < 4.78 is 5.51. The SMILES string of the molecule is CN=C(NCc1sc(C)nc1C)NCC(C)N1CCOCC1C.I. The Kier molecular flexibility index (Phi) is 9.47. The van der Waals surface area contributed by atoms with Gasteiger partial charge in [-0.25, -0.2) is 4.98 Å². The molecule has 2 N–H and O–H groups in total. The van der Waals surface area contributed by atoms with Gasteiger partial charge in [0.05, 0.1) is 30.5 Å². The van der Waals surface area contributed by atoms with Gasteiger partial charge >= 0.3 is 0 Å². The van der Waals surface area contributed by atoms with E-state index >= 15 is 0 Å². The van der Waals surface area contributed by atoms with Crippen LogP contribution in [0.1, 0.15) is 29.4 Å². The van der Waals surface area contributed by atoms with E-state index in [-0.39, 0.29) is 24.0 Å². The van der Waals surface area contributed by atoms with E-state index in [2.05, 4.69) is 46.3 Å². The number of aromatic nitrogens is 1. The van der Waals surface area contributed by atoms with E-state index < -0.39 is 0 Å². The first-order valence-corrected chi connectivity index (χ1v) is 9.03. The van der Waals surface area contributed by atoms with E-state index in [9.17, 15) is 0 Å². The van der Waals surface area contributed by atoms with E-state index in [4.69, 9.17) is 4.74 Å². The van der Waals surface area contributed by atoms with Crippen LogP contribution in [0.25, 0.3) is 0 Å². The zero-order chi connectivity index (χ0) is 16.8. The molecule has 1 aliphatic heterocycles. The molecule has 1 aromatic rings. The van der Waals surface area contributed by atoms with Crippen molar-refractivity contribution in [2.45, 2.75) is 46.3 Å². The van der Waals surface area contributed by atoms with Crippen molar-refractivity contribution in [1.29, 1.82) is 0 Å². The van der Waals surface area contributed by atoms with Gasteiger partial charge in [0.2, 0.25) is 0 Å². The van der Waals surface area contributed by atoms with E-state index in [0.717, 1.165) is 49.5 Å². The lowest BCUT2D eigenvalue weighted by Gasteiger charge is -2.38. The topological polar surface area (TPSA) is 61.8 Å². The maximum Gasteiger partial charge on any atom is 0.191 e. The van der Waals surface area contributed by atoms with Crippen molar-refractivity contribution in [2.75, 3.05) is 33.4 Å². The van der Waals surface area contributed by atoms with Crippen molar-refractivity contribution in [3.8, 4) is 0 Å². The van der Waals surface area contributed by atoms with Crippen LogP contribution in [-0.2, 0) is 11.3 Å². The maximum absolute atomic E-state index is 5.51. The summed E-state index contributed by atoms with van der Waals surface area (Å²) in [5.74, 6) is 0.836. The number of nitrogens with zero attached hydrogens (tertiary/aromatic N) is 3. The Balaban J connectivity index is 0.00000288. The molecule has 0 aromatic carbocycles. The van der Waals surface area contributed by atoms with Crippen LogP contribution < -0.4 is 10.6 Å². The van der Waals surface area contributed by atoms with Gasteiger partial charge in [-0.05, 0) is 27.7 Å². The smallest absolute Gasteiger partial charge is 0.191 e. The lowest BCUT2D eigenvalue weighted by molar-refractivity contribution is -0.0174. The van der Waals surface area contributed by atoms with Crippen LogP contribution >= 0.6 is 35.3 Å². The summed E-state index contributed by atoms with van der Waals surface area (Å²) in [6.07, 6.45) is 0. The fourth-order valence-corrected chi connectivity index (χ4v) is 3.76. The van der Waals surface area contributed by atoms with Crippen LogP contribution in [0, 0.1) is 13.8 Å². The third-order valence-electron chi connectivity index (χ3n) is 4.19. The number of hydrogen-bond acceptors (Lipinski definition) is 5. The van der Waals surface area contributed by atoms with Gasteiger partial charge in [-0.3, -0.25) is 9.89 Å². The molecular weight excluding hydrogens is 437 g/mol. The highest BCUT2D eigenvalue weighted by Crippen LogP contribution is 2.16. The van der Waals surface area contributed by atoms with E-state index in [1.807, 2.05) is 14.0 Å². The summed E-state index contributed by atoms with van der Waals surface area (Å²) in [6, 6.07) is 0.915. The molecule has 0 spiro atoms. The van der Waals surface area contributed by atoms with E-state index in [1.54, 1.807) is 11.3 Å². The lowest BCUT2D eigenvalue weighted by atomic mass is 10.2. The number of hydrogen-bond donors (Lipinski definition) is 2. The summed E-state index contributed by atoms with van der Waals surface area (Å²) >= 11 is 1.74. The number of ether oxygens (including phenoxy) is 1. The third-order valence-corrected chi connectivity index (χ3v) is 5.26. The number of rotatable bonds is 5. The van der Waals surface area contributed by atoms with Crippen LogP contribution in [0.3, 0.4) is 0 Å². The summed E-state index contributed by atoms with van der Waals surface area (Å²) in [6.45, 7) is 12.8. The van der Waals surface area contributed by atoms with Crippen molar-refractivity contribution in [1.82, 2.24) is 20.5 Å². The number of halogens is 1. The lowest BCUT2D eigenvalue weighted by Crippen LogP contribution is -2.52. The first kappa shape index (κ1) is 21.6. The van der Waals surface area contributed by atoms with Gasteiger partial charge in [0.25, 0.3) is 0 Å². The number of guanidine groups is 1. The molecule has 1 aliphatic rings. The van der Waals surface area contributed by atoms with Crippen molar-refractivity contribution >= 4 is 41.3 Å². The largest absolute Gasteiger partial charge is 0.379 e. The molecule has 24 heavy (non-hydrogen) atoms. The molecule has 0 amide bonds. The summed E-state index contributed by atoms with van der Waals surface area (Å²) in [5, 5.41) is 7.91. The van der Waals surface area contributed by atoms with Gasteiger partial charge in [-0.2, -0.15) is 0 Å². The summed E-state index contributed by atoms with van der Waals surface area (Å²) in [4.78, 5) is 12.5. The van der Waals surface area contributed by atoms with E-state index in [0.29, 0.717) is 12.1 Å². The predicted octanol–water partition coefficient (Wildman–Crippen LogP) is 2.15. The zero-order valence-corrected chi connectivity index (χ0v) is 18.4. The Bertz CT molecular complexity index is 537. The first-order valence-electron chi connectivity index (χ1n) is 8.22. The number of thiazole rings is 1. The Hall–Kier alpha value is -0.450. The molecule has 0 radical (unpaired) electrons. The molecule has 2 unspecified atom stereocenters. The molecule has 1 aromatic heterocycles. The average molecular weight is 467 g/mol. The van der Waals surface area contributed by atoms with Gasteiger partial charge in [0.1, 0.15) is 0 Å². The molecule has 6 nitrogen and oxygen atoms in total. The molecule has 138 valence electrons. The molecule has 2 rings (SSSR count). The van der Waals surface area contributed by atoms with Gasteiger partial charge in [-0.1, -0.05) is 0 Å². The second-order valence-corrected chi connectivity index (χ2v) is 7.35. The highest BCUT2D eigenvalue weighted by Gasteiger charge is 2.23. The number of aliphatic imine (C=N–C) groups is 1. The Morgan fingerprint density at radius 1 is 1.46 bits per heavy atom. The first-order chi connectivity index (χ1) is 11.0. The van der Waals surface area contributed by atoms with Gasteiger partial charge < -0.3 is 15.4 Å². The minimum atomic E-state index is 0. The van der Waals surface area contributed by atoms with Crippen molar-refractivity contribution in [2.24, 2.45) is 4.99 Å². The monoisotopic (exact) mass is 467 g/mol. The third kappa shape index (κ3) is 6.12. The van der Waals surface area contributed by atoms with Crippen LogP contribution in [0.15, 0.2) is 4.99 Å². The molecule has 2 heterocycles. The number of morpholine rings is 1.